The molecule has 0 fully saturated rings. The molecule has 0 spiro atoms. The number of nitrogens with zero attached hydrogens (tertiary/aromatic N) is 3. The van der Waals surface area contributed by atoms with Gasteiger partial charge in [0.1, 0.15) is 5.69 Å². The molecule has 0 aliphatic carbocycles. The number of amides is 2. The van der Waals surface area contributed by atoms with Gasteiger partial charge < -0.3 is 14.2 Å². The minimum atomic E-state index is -0.427. The maximum absolute atomic E-state index is 11.8. The van der Waals surface area contributed by atoms with E-state index in [1.54, 1.807) is 47.8 Å². The summed E-state index contributed by atoms with van der Waals surface area (Å²) in [7, 11) is 3.49. The van der Waals surface area contributed by atoms with Crippen molar-refractivity contribution in [2.75, 3.05) is 5.75 Å². The van der Waals surface area contributed by atoms with Gasteiger partial charge in [0.2, 0.25) is 5.91 Å². The largest absolute Gasteiger partial charge is 0.390 e. The topological polar surface area (TPSA) is 89.2 Å². The number of rotatable bonds is 5. The highest BCUT2D eigenvalue weighted by Crippen LogP contribution is 2.16. The van der Waals surface area contributed by atoms with E-state index in [9.17, 15) is 9.59 Å². The number of imide groups is 1. The van der Waals surface area contributed by atoms with Crippen LogP contribution in [0.5, 0.6) is 0 Å². The van der Waals surface area contributed by atoms with Gasteiger partial charge in [-0.25, -0.2) is 4.98 Å². The normalized spacial score (nSPS) is 10.6. The fourth-order valence-electron chi connectivity index (χ4n) is 1.76. The molecule has 2 rings (SSSR count). The third-order valence-corrected chi connectivity index (χ3v) is 4.01. The lowest BCUT2D eigenvalue weighted by Crippen LogP contribution is -2.33. The molecule has 2 aromatic heterocycles. The van der Waals surface area contributed by atoms with Crippen LogP contribution in [0.1, 0.15) is 16.2 Å². The van der Waals surface area contributed by atoms with Gasteiger partial charge in [-0.1, -0.05) is 11.8 Å². The number of imidazole rings is 1. The van der Waals surface area contributed by atoms with Crippen LogP contribution in [0.15, 0.2) is 29.7 Å². The summed E-state index contributed by atoms with van der Waals surface area (Å²) in [6.07, 6.45) is 3.29. The number of hydrogen-bond acceptors (Lipinski definition) is 5. The number of aliphatic hydroxyl groups excluding tert-OH is 1. The average molecular weight is 308 g/mol. The van der Waals surface area contributed by atoms with E-state index >= 15 is 0 Å². The summed E-state index contributed by atoms with van der Waals surface area (Å²) in [6.45, 7) is -0.109. The molecule has 21 heavy (non-hydrogen) atoms. The second-order valence-corrected chi connectivity index (χ2v) is 5.36. The predicted octanol–water partition coefficient (Wildman–Crippen LogP) is 0.300. The van der Waals surface area contributed by atoms with Crippen LogP contribution in [0.3, 0.4) is 0 Å². The number of hydrogen-bond donors (Lipinski definition) is 2. The Kier molecular flexibility index (Phi) is 4.81. The maximum atomic E-state index is 11.8. The Balaban J connectivity index is 1.89. The Bertz CT molecular complexity index is 662. The maximum Gasteiger partial charge on any atom is 0.274 e. The van der Waals surface area contributed by atoms with Gasteiger partial charge in [0.05, 0.1) is 24.3 Å². The van der Waals surface area contributed by atoms with Crippen LogP contribution in [0, 0.1) is 0 Å². The van der Waals surface area contributed by atoms with E-state index in [-0.39, 0.29) is 18.3 Å². The van der Waals surface area contributed by atoms with Crippen molar-refractivity contribution >= 4 is 23.6 Å². The van der Waals surface area contributed by atoms with Gasteiger partial charge >= 0.3 is 0 Å². The molecule has 112 valence electrons. The monoisotopic (exact) mass is 308 g/mol. The molecule has 0 saturated carbocycles. The molecule has 2 N–H and O–H groups in total. The number of aryl methyl sites for hydroxylation is 1. The van der Waals surface area contributed by atoms with Gasteiger partial charge in [0, 0.05) is 20.3 Å². The molecule has 2 heterocycles. The van der Waals surface area contributed by atoms with Crippen LogP contribution in [-0.2, 0) is 25.5 Å². The third kappa shape index (κ3) is 3.53. The van der Waals surface area contributed by atoms with Gasteiger partial charge in [-0.2, -0.15) is 0 Å². The smallest absolute Gasteiger partial charge is 0.274 e. The van der Waals surface area contributed by atoms with Crippen molar-refractivity contribution in [3.05, 3.63) is 35.9 Å². The van der Waals surface area contributed by atoms with E-state index in [2.05, 4.69) is 10.3 Å². The second kappa shape index (κ2) is 6.59. The number of aromatic nitrogens is 3. The Morgan fingerprint density at radius 2 is 2.19 bits per heavy atom. The van der Waals surface area contributed by atoms with Crippen LogP contribution in [0.4, 0.5) is 0 Å². The molecule has 8 heteroatoms. The molecule has 2 aromatic rings. The standard InChI is InChI=1S/C13H16N4O3S/c1-16-5-3-4-10(16)12(20)15-11(19)8-21-13-14-6-9(7-18)17(13)2/h3-6,18H,7-8H2,1-2H3,(H,15,19,20). The Morgan fingerprint density at radius 3 is 2.76 bits per heavy atom. The molecule has 2 amide bonds. The number of carbonyl (C=O) groups is 2. The Morgan fingerprint density at radius 1 is 1.43 bits per heavy atom. The fraction of sp³-hybridized carbons (Fsp3) is 0.308. The van der Waals surface area contributed by atoms with Gasteiger partial charge in [-0.3, -0.25) is 14.9 Å². The highest BCUT2D eigenvalue weighted by Gasteiger charge is 2.14. The van der Waals surface area contributed by atoms with Crippen molar-refractivity contribution in [1.29, 1.82) is 0 Å². The summed E-state index contributed by atoms with van der Waals surface area (Å²) in [5, 5.41) is 12.0. The van der Waals surface area contributed by atoms with Gasteiger partial charge in [0.15, 0.2) is 5.16 Å². The van der Waals surface area contributed by atoms with E-state index in [1.165, 1.54) is 11.8 Å². The average Bonchev–Trinajstić information content (AvgIpc) is 3.02. The zero-order chi connectivity index (χ0) is 15.4. The summed E-state index contributed by atoms with van der Waals surface area (Å²) in [5.41, 5.74) is 1.09. The number of nitrogens with one attached hydrogen (secondary N) is 1. The summed E-state index contributed by atoms with van der Waals surface area (Å²) in [4.78, 5) is 27.7. The lowest BCUT2D eigenvalue weighted by molar-refractivity contribution is -0.117. The Hall–Kier alpha value is -2.06. The molecular weight excluding hydrogens is 292 g/mol. The molecule has 0 saturated heterocycles. The zero-order valence-electron chi connectivity index (χ0n) is 11.7. The van der Waals surface area contributed by atoms with Crippen molar-refractivity contribution in [2.24, 2.45) is 14.1 Å². The van der Waals surface area contributed by atoms with E-state index in [1.807, 2.05) is 0 Å². The summed E-state index contributed by atoms with van der Waals surface area (Å²) < 4.78 is 3.35. The fourth-order valence-corrected chi connectivity index (χ4v) is 2.53. The quantitative estimate of drug-likeness (QED) is 0.776. The van der Waals surface area contributed by atoms with E-state index in [0.717, 1.165) is 0 Å². The Labute approximate surface area is 126 Å². The number of aliphatic hydroxyl groups is 1. The highest BCUT2D eigenvalue weighted by molar-refractivity contribution is 7.99. The van der Waals surface area contributed by atoms with Crippen molar-refractivity contribution in [2.45, 2.75) is 11.8 Å². The van der Waals surface area contributed by atoms with Gasteiger partial charge in [-0.15, -0.1) is 0 Å². The molecular formula is C13H16N4O3S. The number of carbonyl (C=O) groups excluding carboxylic acids is 2. The minimum absolute atomic E-state index is 0.0753. The van der Waals surface area contributed by atoms with Crippen molar-refractivity contribution in [3.8, 4) is 0 Å². The van der Waals surface area contributed by atoms with Crippen LogP contribution < -0.4 is 5.32 Å². The summed E-state index contributed by atoms with van der Waals surface area (Å²) in [6, 6.07) is 3.38. The van der Waals surface area contributed by atoms with Crippen LogP contribution >= 0.6 is 11.8 Å². The first-order valence-corrected chi connectivity index (χ1v) is 7.21. The second-order valence-electron chi connectivity index (χ2n) is 4.42. The first-order chi connectivity index (χ1) is 10.0. The first-order valence-electron chi connectivity index (χ1n) is 6.22. The summed E-state index contributed by atoms with van der Waals surface area (Å²) in [5.74, 6) is -0.741. The number of thioether (sulfide) groups is 1. The lowest BCUT2D eigenvalue weighted by Gasteiger charge is -2.06. The highest BCUT2D eigenvalue weighted by atomic mass is 32.2. The van der Waals surface area contributed by atoms with Crippen molar-refractivity contribution < 1.29 is 14.7 Å². The van der Waals surface area contributed by atoms with Crippen molar-refractivity contribution in [3.63, 3.8) is 0 Å². The predicted molar refractivity (Wildman–Crippen MR) is 77.7 cm³/mol. The lowest BCUT2D eigenvalue weighted by atomic mass is 10.4. The van der Waals surface area contributed by atoms with E-state index < -0.39 is 5.91 Å². The molecule has 0 unspecified atom stereocenters. The van der Waals surface area contributed by atoms with Gasteiger partial charge in [0.25, 0.3) is 5.91 Å². The van der Waals surface area contributed by atoms with Crippen LogP contribution in [0.25, 0.3) is 0 Å². The summed E-state index contributed by atoms with van der Waals surface area (Å²) >= 11 is 1.20. The van der Waals surface area contributed by atoms with Crippen molar-refractivity contribution in [1.82, 2.24) is 19.4 Å². The van der Waals surface area contributed by atoms with E-state index in [0.29, 0.717) is 16.5 Å². The molecule has 7 nitrogen and oxygen atoms in total. The minimum Gasteiger partial charge on any atom is -0.390 e. The molecule has 0 aliphatic heterocycles. The third-order valence-electron chi connectivity index (χ3n) is 2.97. The van der Waals surface area contributed by atoms with Gasteiger partial charge in [-0.05, 0) is 12.1 Å². The molecule has 0 atom stereocenters. The van der Waals surface area contributed by atoms with E-state index in [4.69, 9.17) is 5.11 Å². The molecule has 0 aromatic carbocycles. The molecule has 0 radical (unpaired) electrons. The SMILES string of the molecule is Cn1cccc1C(=O)NC(=O)CSc1ncc(CO)n1C. The zero-order valence-corrected chi connectivity index (χ0v) is 12.6. The van der Waals surface area contributed by atoms with Crippen LogP contribution in [-0.4, -0.2) is 36.8 Å². The molecule has 0 bridgehead atoms. The molecule has 0 aliphatic rings. The first kappa shape index (κ1) is 15.3. The van der Waals surface area contributed by atoms with Crippen LogP contribution in [0.2, 0.25) is 0 Å².